The number of aryl methyl sites for hydroxylation is 2. The van der Waals surface area contributed by atoms with Crippen molar-refractivity contribution in [1.82, 2.24) is 10.3 Å². The quantitative estimate of drug-likeness (QED) is 0.610. The van der Waals surface area contributed by atoms with Crippen LogP contribution in [0.2, 0.25) is 0 Å². The molecule has 0 bridgehead atoms. The van der Waals surface area contributed by atoms with Crippen LogP contribution < -0.4 is 10.1 Å². The van der Waals surface area contributed by atoms with Crippen molar-refractivity contribution < 1.29 is 17.9 Å². The third-order valence-electron chi connectivity index (χ3n) is 4.26. The van der Waals surface area contributed by atoms with Gasteiger partial charge in [0.05, 0.1) is 5.75 Å². The van der Waals surface area contributed by atoms with Crippen molar-refractivity contribution in [3.8, 4) is 11.6 Å². The van der Waals surface area contributed by atoms with Gasteiger partial charge in [-0.05, 0) is 43.0 Å². The molecule has 0 unspecified atom stereocenters. The van der Waals surface area contributed by atoms with Crippen molar-refractivity contribution in [3.05, 3.63) is 53.2 Å². The standard InChI is InChI=1S/C21H28N2O4S/c1-4-5-6-11-28(25,26)15-20(24)22-13-18-9-10-21(23-14-18)27-19-12-16(2)7-8-17(19)3/h7-10,12,14H,4-6,11,13,15H2,1-3H3,(H,22,24). The van der Waals surface area contributed by atoms with Crippen LogP contribution in [0, 0.1) is 13.8 Å². The molecule has 2 aromatic rings. The average Bonchev–Trinajstić information content (AvgIpc) is 2.64. The van der Waals surface area contributed by atoms with Crippen LogP contribution in [-0.2, 0) is 21.2 Å². The number of pyridine rings is 1. The number of carbonyl (C=O) groups excluding carboxylic acids is 1. The first-order chi connectivity index (χ1) is 13.3. The van der Waals surface area contributed by atoms with Crippen LogP contribution in [0.4, 0.5) is 0 Å². The summed E-state index contributed by atoms with van der Waals surface area (Å²) >= 11 is 0. The van der Waals surface area contributed by atoms with E-state index in [1.807, 2.05) is 39.0 Å². The third kappa shape index (κ3) is 7.31. The number of unbranched alkanes of at least 4 members (excludes halogenated alkanes) is 2. The fraction of sp³-hybridized carbons (Fsp3) is 0.429. The molecule has 152 valence electrons. The zero-order valence-electron chi connectivity index (χ0n) is 16.7. The van der Waals surface area contributed by atoms with E-state index in [-0.39, 0.29) is 12.3 Å². The second-order valence-corrected chi connectivity index (χ2v) is 9.14. The molecule has 0 fully saturated rings. The maximum absolute atomic E-state index is 11.9. The average molecular weight is 405 g/mol. The van der Waals surface area contributed by atoms with Crippen LogP contribution in [0.5, 0.6) is 11.6 Å². The van der Waals surface area contributed by atoms with Gasteiger partial charge < -0.3 is 10.1 Å². The van der Waals surface area contributed by atoms with Crippen molar-refractivity contribution in [2.75, 3.05) is 11.5 Å². The highest BCUT2D eigenvalue weighted by atomic mass is 32.2. The van der Waals surface area contributed by atoms with Crippen molar-refractivity contribution in [1.29, 1.82) is 0 Å². The molecule has 1 aromatic heterocycles. The Kier molecular flexibility index (Phi) is 7.99. The summed E-state index contributed by atoms with van der Waals surface area (Å²) < 4.78 is 29.6. The number of nitrogens with one attached hydrogen (secondary N) is 1. The Morgan fingerprint density at radius 1 is 1.14 bits per heavy atom. The molecule has 6 nitrogen and oxygen atoms in total. The minimum absolute atomic E-state index is 0.0558. The van der Waals surface area contributed by atoms with Gasteiger partial charge in [-0.2, -0.15) is 0 Å². The Hall–Kier alpha value is -2.41. The molecule has 1 aromatic carbocycles. The highest BCUT2D eigenvalue weighted by Crippen LogP contribution is 2.24. The van der Waals surface area contributed by atoms with Crippen LogP contribution in [0.25, 0.3) is 0 Å². The zero-order chi connectivity index (χ0) is 20.6. The lowest BCUT2D eigenvalue weighted by atomic mass is 10.1. The van der Waals surface area contributed by atoms with Gasteiger partial charge in [0, 0.05) is 18.8 Å². The fourth-order valence-corrected chi connectivity index (χ4v) is 3.89. The molecule has 7 heteroatoms. The number of ether oxygens (including phenoxy) is 1. The molecule has 0 aliphatic carbocycles. The molecular weight excluding hydrogens is 376 g/mol. The summed E-state index contributed by atoms with van der Waals surface area (Å²) in [7, 11) is -3.35. The number of sulfone groups is 1. The van der Waals surface area contributed by atoms with Gasteiger partial charge >= 0.3 is 0 Å². The van der Waals surface area contributed by atoms with Crippen LogP contribution in [0.15, 0.2) is 36.5 Å². The van der Waals surface area contributed by atoms with Gasteiger partial charge in [-0.15, -0.1) is 0 Å². The minimum Gasteiger partial charge on any atom is -0.439 e. The first kappa shape index (κ1) is 21.9. The molecule has 0 saturated heterocycles. The molecule has 28 heavy (non-hydrogen) atoms. The van der Waals surface area contributed by atoms with Gasteiger partial charge in [-0.25, -0.2) is 13.4 Å². The Labute approximate surface area is 167 Å². The molecule has 0 spiro atoms. The SMILES string of the molecule is CCCCCS(=O)(=O)CC(=O)NCc1ccc(Oc2cc(C)ccc2C)nc1. The normalized spacial score (nSPS) is 11.2. The summed E-state index contributed by atoms with van der Waals surface area (Å²) in [6.07, 6.45) is 4.00. The Morgan fingerprint density at radius 2 is 1.93 bits per heavy atom. The summed E-state index contributed by atoms with van der Waals surface area (Å²) in [5, 5.41) is 2.63. The topological polar surface area (TPSA) is 85.4 Å². The number of carbonyl (C=O) groups is 1. The van der Waals surface area contributed by atoms with Gasteiger partial charge in [-0.3, -0.25) is 4.79 Å². The Morgan fingerprint density at radius 3 is 2.61 bits per heavy atom. The highest BCUT2D eigenvalue weighted by molar-refractivity contribution is 7.92. The molecule has 1 amide bonds. The van der Waals surface area contributed by atoms with Gasteiger partial charge in [-0.1, -0.05) is 38.0 Å². The molecule has 1 heterocycles. The van der Waals surface area contributed by atoms with E-state index in [4.69, 9.17) is 4.74 Å². The lowest BCUT2D eigenvalue weighted by Crippen LogP contribution is -2.30. The smallest absolute Gasteiger partial charge is 0.235 e. The summed E-state index contributed by atoms with van der Waals surface area (Å²) in [6, 6.07) is 9.48. The van der Waals surface area contributed by atoms with Crippen LogP contribution >= 0.6 is 0 Å². The fourth-order valence-electron chi connectivity index (χ4n) is 2.60. The molecule has 0 saturated carbocycles. The van der Waals surface area contributed by atoms with Crippen molar-refractivity contribution in [3.63, 3.8) is 0 Å². The molecule has 0 radical (unpaired) electrons. The first-order valence-corrected chi connectivity index (χ1v) is 11.3. The van der Waals surface area contributed by atoms with E-state index in [0.29, 0.717) is 12.3 Å². The number of benzene rings is 1. The van der Waals surface area contributed by atoms with Crippen molar-refractivity contribution >= 4 is 15.7 Å². The van der Waals surface area contributed by atoms with Crippen LogP contribution in [0.3, 0.4) is 0 Å². The van der Waals surface area contributed by atoms with E-state index in [2.05, 4.69) is 10.3 Å². The maximum Gasteiger partial charge on any atom is 0.235 e. The lowest BCUT2D eigenvalue weighted by molar-refractivity contribution is -0.118. The van der Waals surface area contributed by atoms with E-state index >= 15 is 0 Å². The third-order valence-corrected chi connectivity index (χ3v) is 5.87. The summed E-state index contributed by atoms with van der Waals surface area (Å²) in [6.45, 7) is 6.19. The summed E-state index contributed by atoms with van der Waals surface area (Å²) in [5.41, 5.74) is 2.89. The predicted octanol–water partition coefficient (Wildman–Crippen LogP) is 3.71. The molecule has 0 aliphatic rings. The minimum atomic E-state index is -3.35. The molecule has 2 rings (SSSR count). The van der Waals surface area contributed by atoms with E-state index in [1.54, 1.807) is 18.3 Å². The second kappa shape index (κ2) is 10.2. The van der Waals surface area contributed by atoms with Crippen LogP contribution in [-0.4, -0.2) is 30.8 Å². The summed E-state index contributed by atoms with van der Waals surface area (Å²) in [4.78, 5) is 16.2. The summed E-state index contributed by atoms with van der Waals surface area (Å²) in [5.74, 6) is 0.300. The number of rotatable bonds is 10. The first-order valence-electron chi connectivity index (χ1n) is 9.46. The molecule has 0 aliphatic heterocycles. The number of nitrogens with zero attached hydrogens (tertiary/aromatic N) is 1. The van der Waals surface area contributed by atoms with E-state index in [0.717, 1.165) is 35.3 Å². The van der Waals surface area contributed by atoms with Gasteiger partial charge in [0.25, 0.3) is 0 Å². The molecule has 1 N–H and O–H groups in total. The Bertz CT molecular complexity index is 893. The highest BCUT2D eigenvalue weighted by Gasteiger charge is 2.16. The van der Waals surface area contributed by atoms with E-state index < -0.39 is 21.5 Å². The maximum atomic E-state index is 11.9. The number of amides is 1. The predicted molar refractivity (Wildman–Crippen MR) is 110 cm³/mol. The lowest BCUT2D eigenvalue weighted by Gasteiger charge is -2.10. The van der Waals surface area contributed by atoms with Crippen molar-refractivity contribution in [2.45, 2.75) is 46.6 Å². The Balaban J connectivity index is 1.85. The molecule has 0 atom stereocenters. The van der Waals surface area contributed by atoms with Gasteiger partial charge in [0.1, 0.15) is 11.5 Å². The molecular formula is C21H28N2O4S. The van der Waals surface area contributed by atoms with Crippen molar-refractivity contribution in [2.24, 2.45) is 0 Å². The van der Waals surface area contributed by atoms with Gasteiger partial charge in [0.15, 0.2) is 9.84 Å². The monoisotopic (exact) mass is 404 g/mol. The number of hydrogen-bond donors (Lipinski definition) is 1. The second-order valence-electron chi connectivity index (χ2n) is 6.95. The van der Waals surface area contributed by atoms with Gasteiger partial charge in [0.2, 0.25) is 11.8 Å². The zero-order valence-corrected chi connectivity index (χ0v) is 17.5. The number of aromatic nitrogens is 1. The largest absolute Gasteiger partial charge is 0.439 e. The van der Waals surface area contributed by atoms with Crippen LogP contribution in [0.1, 0.15) is 42.9 Å². The number of hydrogen-bond acceptors (Lipinski definition) is 5. The van der Waals surface area contributed by atoms with E-state index in [1.165, 1.54) is 0 Å². The van der Waals surface area contributed by atoms with E-state index in [9.17, 15) is 13.2 Å².